The Morgan fingerprint density at radius 3 is 2.72 bits per heavy atom. The van der Waals surface area contributed by atoms with Crippen molar-refractivity contribution in [3.05, 3.63) is 53.3 Å². The van der Waals surface area contributed by atoms with Crippen molar-refractivity contribution in [3.63, 3.8) is 0 Å². The number of hydrogen-bond acceptors (Lipinski definition) is 2. The summed E-state index contributed by atoms with van der Waals surface area (Å²) in [5, 5.41) is 9.12. The van der Waals surface area contributed by atoms with Gasteiger partial charge in [-0.15, -0.1) is 0 Å². The zero-order valence-electron chi connectivity index (χ0n) is 10.3. The molecule has 0 spiro atoms. The highest BCUT2D eigenvalue weighted by molar-refractivity contribution is 5.88. The van der Waals surface area contributed by atoms with Crippen LogP contribution < -0.4 is 0 Å². The molecule has 3 heteroatoms. The fourth-order valence-electron chi connectivity index (χ4n) is 1.96. The normalized spacial score (nSPS) is 16.4. The van der Waals surface area contributed by atoms with Gasteiger partial charge in [-0.3, -0.25) is 0 Å². The molecule has 0 amide bonds. The summed E-state index contributed by atoms with van der Waals surface area (Å²) in [4.78, 5) is 11.1. The monoisotopic (exact) mass is 244 g/mol. The van der Waals surface area contributed by atoms with Gasteiger partial charge in [0.15, 0.2) is 0 Å². The Kier molecular flexibility index (Phi) is 3.82. The van der Waals surface area contributed by atoms with E-state index in [1.807, 2.05) is 43.3 Å². The fourth-order valence-corrected chi connectivity index (χ4v) is 1.96. The Hall–Kier alpha value is -2.03. The van der Waals surface area contributed by atoms with E-state index in [1.165, 1.54) is 0 Å². The Morgan fingerprint density at radius 1 is 1.33 bits per heavy atom. The van der Waals surface area contributed by atoms with Crippen LogP contribution in [0.15, 0.2) is 47.7 Å². The zero-order valence-corrected chi connectivity index (χ0v) is 10.3. The Labute approximate surface area is 106 Å². The maximum atomic E-state index is 11.1. The fraction of sp³-hybridized carbons (Fsp3) is 0.267. The van der Waals surface area contributed by atoms with E-state index in [9.17, 15) is 4.79 Å². The summed E-state index contributed by atoms with van der Waals surface area (Å²) in [6.07, 6.45) is 3.16. The average Bonchev–Trinajstić information content (AvgIpc) is 2.40. The molecule has 0 aromatic heterocycles. The number of rotatable bonds is 3. The van der Waals surface area contributed by atoms with E-state index < -0.39 is 5.97 Å². The molecule has 0 unspecified atom stereocenters. The summed E-state index contributed by atoms with van der Waals surface area (Å²) >= 11 is 0. The van der Waals surface area contributed by atoms with Crippen LogP contribution in [-0.4, -0.2) is 17.7 Å². The molecule has 2 rings (SSSR count). The number of allylic oxidation sites excluding steroid dienone is 2. The minimum atomic E-state index is -0.887. The summed E-state index contributed by atoms with van der Waals surface area (Å²) in [5.74, 6) is -0.392. The second kappa shape index (κ2) is 5.54. The molecule has 94 valence electrons. The minimum absolute atomic E-state index is 0.372. The molecule has 0 atom stereocenters. The second-order valence-corrected chi connectivity index (χ2v) is 4.29. The van der Waals surface area contributed by atoms with Gasteiger partial charge in [0, 0.05) is 0 Å². The van der Waals surface area contributed by atoms with Gasteiger partial charge in [-0.25, -0.2) is 4.79 Å². The van der Waals surface area contributed by atoms with Gasteiger partial charge in [0.2, 0.25) is 0 Å². The number of carbonyl (C=O) groups is 1. The number of aliphatic carboxylic acids is 1. The molecule has 1 aromatic carbocycles. The number of carboxylic acid groups (broad SMARTS) is 1. The molecule has 18 heavy (non-hydrogen) atoms. The van der Waals surface area contributed by atoms with E-state index in [0.717, 1.165) is 17.6 Å². The maximum absolute atomic E-state index is 11.1. The lowest BCUT2D eigenvalue weighted by atomic mass is 10.0. The summed E-state index contributed by atoms with van der Waals surface area (Å²) in [5.41, 5.74) is 2.45. The first-order valence-electron chi connectivity index (χ1n) is 6.01. The van der Waals surface area contributed by atoms with Crippen LogP contribution in [0.5, 0.6) is 0 Å². The van der Waals surface area contributed by atoms with E-state index in [4.69, 9.17) is 9.84 Å². The predicted octanol–water partition coefficient (Wildman–Crippen LogP) is 3.24. The molecule has 0 bridgehead atoms. The van der Waals surface area contributed by atoms with Crippen LogP contribution in [0.4, 0.5) is 0 Å². The SMILES string of the molecule is CC(=CC1=C(C(=O)O)CCCO1)c1ccccc1. The summed E-state index contributed by atoms with van der Waals surface area (Å²) in [7, 11) is 0. The quantitative estimate of drug-likeness (QED) is 0.887. The van der Waals surface area contributed by atoms with Crippen molar-refractivity contribution in [1.82, 2.24) is 0 Å². The van der Waals surface area contributed by atoms with Gasteiger partial charge < -0.3 is 9.84 Å². The molecule has 0 radical (unpaired) electrons. The van der Waals surface area contributed by atoms with Crippen LogP contribution >= 0.6 is 0 Å². The highest BCUT2D eigenvalue weighted by Crippen LogP contribution is 2.24. The summed E-state index contributed by atoms with van der Waals surface area (Å²) in [6, 6.07) is 9.86. The van der Waals surface area contributed by atoms with E-state index >= 15 is 0 Å². The molecule has 0 aliphatic carbocycles. The summed E-state index contributed by atoms with van der Waals surface area (Å²) in [6.45, 7) is 2.55. The van der Waals surface area contributed by atoms with Crippen molar-refractivity contribution in [2.45, 2.75) is 19.8 Å². The van der Waals surface area contributed by atoms with Gasteiger partial charge in [-0.2, -0.15) is 0 Å². The Balaban J connectivity index is 2.33. The van der Waals surface area contributed by atoms with Crippen LogP contribution in [0, 0.1) is 0 Å². The highest BCUT2D eigenvalue weighted by Gasteiger charge is 2.18. The maximum Gasteiger partial charge on any atom is 0.335 e. The molecule has 1 aromatic rings. The smallest absolute Gasteiger partial charge is 0.335 e. The van der Waals surface area contributed by atoms with E-state index in [2.05, 4.69) is 0 Å². The van der Waals surface area contributed by atoms with Gasteiger partial charge in [0.25, 0.3) is 0 Å². The second-order valence-electron chi connectivity index (χ2n) is 4.29. The van der Waals surface area contributed by atoms with Crippen molar-refractivity contribution in [2.75, 3.05) is 6.61 Å². The Morgan fingerprint density at radius 2 is 2.06 bits per heavy atom. The topological polar surface area (TPSA) is 46.5 Å². The number of hydrogen-bond donors (Lipinski definition) is 1. The van der Waals surface area contributed by atoms with Crippen molar-refractivity contribution in [3.8, 4) is 0 Å². The summed E-state index contributed by atoms with van der Waals surface area (Å²) < 4.78 is 5.47. The van der Waals surface area contributed by atoms with E-state index in [0.29, 0.717) is 24.4 Å². The van der Waals surface area contributed by atoms with Gasteiger partial charge in [-0.05, 0) is 37.0 Å². The van der Waals surface area contributed by atoms with Crippen molar-refractivity contribution in [1.29, 1.82) is 0 Å². The third-order valence-corrected chi connectivity index (χ3v) is 2.96. The average molecular weight is 244 g/mol. The number of benzene rings is 1. The third kappa shape index (κ3) is 2.80. The predicted molar refractivity (Wildman–Crippen MR) is 69.9 cm³/mol. The standard InChI is InChI=1S/C15H16O3/c1-11(12-6-3-2-4-7-12)10-14-13(15(16)17)8-5-9-18-14/h2-4,6-7,10H,5,8-9H2,1H3,(H,16,17). The van der Waals surface area contributed by atoms with Crippen LogP contribution in [0.1, 0.15) is 25.3 Å². The zero-order chi connectivity index (χ0) is 13.0. The van der Waals surface area contributed by atoms with Gasteiger partial charge >= 0.3 is 5.97 Å². The first-order chi connectivity index (χ1) is 8.68. The van der Waals surface area contributed by atoms with Gasteiger partial charge in [0.1, 0.15) is 5.76 Å². The Bertz CT molecular complexity index is 498. The molecule has 1 heterocycles. The molecule has 0 saturated heterocycles. The lowest BCUT2D eigenvalue weighted by Crippen LogP contribution is -2.12. The molecule has 1 aliphatic heterocycles. The lowest BCUT2D eigenvalue weighted by Gasteiger charge is -2.17. The van der Waals surface area contributed by atoms with Crippen molar-refractivity contribution >= 4 is 11.5 Å². The minimum Gasteiger partial charge on any atom is -0.493 e. The van der Waals surface area contributed by atoms with Crippen LogP contribution in [-0.2, 0) is 9.53 Å². The number of ether oxygens (including phenoxy) is 1. The first kappa shape index (κ1) is 12.4. The van der Waals surface area contributed by atoms with Crippen LogP contribution in [0.2, 0.25) is 0 Å². The van der Waals surface area contributed by atoms with Crippen LogP contribution in [0.25, 0.3) is 5.57 Å². The molecular formula is C15H16O3. The van der Waals surface area contributed by atoms with Crippen molar-refractivity contribution < 1.29 is 14.6 Å². The molecule has 1 N–H and O–H groups in total. The van der Waals surface area contributed by atoms with Crippen molar-refractivity contribution in [2.24, 2.45) is 0 Å². The van der Waals surface area contributed by atoms with Crippen LogP contribution in [0.3, 0.4) is 0 Å². The molecule has 0 fully saturated rings. The number of carboxylic acids is 1. The largest absolute Gasteiger partial charge is 0.493 e. The molecule has 1 aliphatic rings. The molecular weight excluding hydrogens is 228 g/mol. The lowest BCUT2D eigenvalue weighted by molar-refractivity contribution is -0.133. The van der Waals surface area contributed by atoms with E-state index in [1.54, 1.807) is 0 Å². The van der Waals surface area contributed by atoms with Gasteiger partial charge in [0.05, 0.1) is 12.2 Å². The highest BCUT2D eigenvalue weighted by atomic mass is 16.5. The first-order valence-corrected chi connectivity index (χ1v) is 6.01. The molecule has 0 saturated carbocycles. The van der Waals surface area contributed by atoms with E-state index in [-0.39, 0.29) is 0 Å². The van der Waals surface area contributed by atoms with Gasteiger partial charge in [-0.1, -0.05) is 30.3 Å². The molecule has 3 nitrogen and oxygen atoms in total. The third-order valence-electron chi connectivity index (χ3n) is 2.96.